The average molecular weight is 470 g/mol. The third kappa shape index (κ3) is 4.89. The topological polar surface area (TPSA) is 72.7 Å². The Morgan fingerprint density at radius 3 is 2.65 bits per heavy atom. The zero-order valence-electron chi connectivity index (χ0n) is 17.6. The van der Waals surface area contributed by atoms with Gasteiger partial charge in [-0.2, -0.15) is 0 Å². The molecule has 1 N–H and O–H groups in total. The second-order valence-corrected chi connectivity index (χ2v) is 9.91. The highest BCUT2D eigenvalue weighted by atomic mass is 32.2. The number of nitrogens with one attached hydrogen (secondary N) is 1. The van der Waals surface area contributed by atoms with Crippen molar-refractivity contribution in [1.29, 1.82) is 0 Å². The fourth-order valence-electron chi connectivity index (χ4n) is 3.11. The molecule has 160 valence electrons. The van der Waals surface area contributed by atoms with Crippen LogP contribution in [0.5, 0.6) is 0 Å². The zero-order chi connectivity index (χ0) is 21.8. The summed E-state index contributed by atoms with van der Waals surface area (Å²) in [5.74, 6) is 1.03. The maximum Gasteiger partial charge on any atom is 0.236 e. The molecule has 1 aromatic carbocycles. The highest BCUT2D eigenvalue weighted by Gasteiger charge is 2.18. The lowest BCUT2D eigenvalue weighted by molar-refractivity contribution is -0.113. The monoisotopic (exact) mass is 469 g/mol. The second kappa shape index (κ2) is 9.76. The number of anilines is 1. The van der Waals surface area contributed by atoms with Crippen LogP contribution in [0.2, 0.25) is 0 Å². The minimum Gasteiger partial charge on any atom is -0.302 e. The van der Waals surface area contributed by atoms with Crippen LogP contribution in [0.4, 0.5) is 5.13 Å². The molecule has 0 aliphatic rings. The number of rotatable bonds is 8. The Bertz CT molecular complexity index is 1180. The quantitative estimate of drug-likeness (QED) is 0.326. The highest BCUT2D eigenvalue weighted by Crippen LogP contribution is 2.32. The molecule has 0 atom stereocenters. The van der Waals surface area contributed by atoms with Crippen molar-refractivity contribution in [3.8, 4) is 22.6 Å². The Morgan fingerprint density at radius 2 is 1.94 bits per heavy atom. The van der Waals surface area contributed by atoms with E-state index in [1.807, 2.05) is 35.7 Å². The van der Waals surface area contributed by atoms with Crippen molar-refractivity contribution in [2.75, 3.05) is 11.1 Å². The second-order valence-electron chi connectivity index (χ2n) is 7.03. The van der Waals surface area contributed by atoms with E-state index in [0.717, 1.165) is 40.8 Å². The van der Waals surface area contributed by atoms with Gasteiger partial charge < -0.3 is 9.88 Å². The molecule has 9 heteroatoms. The smallest absolute Gasteiger partial charge is 0.236 e. The van der Waals surface area contributed by atoms with Crippen LogP contribution in [-0.2, 0) is 11.3 Å². The number of carbonyl (C=O) groups is 1. The van der Waals surface area contributed by atoms with Crippen LogP contribution < -0.4 is 5.32 Å². The summed E-state index contributed by atoms with van der Waals surface area (Å²) in [4.78, 5) is 18.3. The van der Waals surface area contributed by atoms with Crippen LogP contribution in [0, 0.1) is 13.8 Å². The Kier molecular flexibility index (Phi) is 6.84. The fourth-order valence-corrected chi connectivity index (χ4v) is 5.48. The van der Waals surface area contributed by atoms with Crippen LogP contribution in [0.1, 0.15) is 23.8 Å². The normalized spacial score (nSPS) is 11.1. The van der Waals surface area contributed by atoms with Crippen molar-refractivity contribution in [2.45, 2.75) is 38.9 Å². The summed E-state index contributed by atoms with van der Waals surface area (Å²) < 4.78 is 2.11. The third-order valence-electron chi connectivity index (χ3n) is 4.84. The van der Waals surface area contributed by atoms with Crippen LogP contribution in [0.3, 0.4) is 0 Å². The first-order valence-corrected chi connectivity index (χ1v) is 12.7. The molecule has 0 aliphatic carbocycles. The van der Waals surface area contributed by atoms with Gasteiger partial charge in [-0.1, -0.05) is 49.0 Å². The van der Waals surface area contributed by atoms with Crippen LogP contribution in [-0.4, -0.2) is 31.4 Å². The lowest BCUT2D eigenvalue weighted by Gasteiger charge is -2.08. The molecule has 0 bridgehead atoms. The fraction of sp³-hybridized carbons (Fsp3) is 0.273. The van der Waals surface area contributed by atoms with Crippen molar-refractivity contribution >= 4 is 45.5 Å². The molecule has 0 spiro atoms. The van der Waals surface area contributed by atoms with Crippen molar-refractivity contribution in [3.05, 3.63) is 51.5 Å². The number of thiophene rings is 1. The molecule has 0 saturated carbocycles. The van der Waals surface area contributed by atoms with Crippen LogP contribution in [0.25, 0.3) is 22.6 Å². The van der Waals surface area contributed by atoms with E-state index in [-0.39, 0.29) is 11.7 Å². The lowest BCUT2D eigenvalue weighted by Crippen LogP contribution is -2.14. The number of aryl methyl sites for hydroxylation is 1. The molecule has 3 aromatic heterocycles. The third-order valence-corrected chi connectivity index (χ3v) is 7.58. The summed E-state index contributed by atoms with van der Waals surface area (Å²) in [7, 11) is 0. The molecule has 6 nitrogen and oxygen atoms in total. The van der Waals surface area contributed by atoms with Gasteiger partial charge >= 0.3 is 0 Å². The number of carbonyl (C=O) groups excluding carboxylic acids is 1. The average Bonchev–Trinajstić information content (AvgIpc) is 3.48. The van der Waals surface area contributed by atoms with E-state index in [1.54, 1.807) is 11.3 Å². The molecule has 4 aromatic rings. The van der Waals surface area contributed by atoms with E-state index in [1.165, 1.54) is 33.5 Å². The molecule has 0 saturated heterocycles. The zero-order valence-corrected chi connectivity index (χ0v) is 20.0. The minimum absolute atomic E-state index is 0.103. The van der Waals surface area contributed by atoms with Crippen molar-refractivity contribution < 1.29 is 4.79 Å². The Balaban J connectivity index is 1.43. The Labute approximate surface area is 193 Å². The number of thioether (sulfide) groups is 1. The number of amides is 1. The molecule has 1 amide bonds. The van der Waals surface area contributed by atoms with Crippen LogP contribution in [0.15, 0.2) is 46.2 Å². The largest absolute Gasteiger partial charge is 0.302 e. The summed E-state index contributed by atoms with van der Waals surface area (Å²) in [6.07, 6.45) is 0.967. The van der Waals surface area contributed by atoms with E-state index in [0.29, 0.717) is 5.13 Å². The Morgan fingerprint density at radius 1 is 1.13 bits per heavy atom. The van der Waals surface area contributed by atoms with Gasteiger partial charge in [-0.05, 0) is 25.8 Å². The van der Waals surface area contributed by atoms with Crippen molar-refractivity contribution in [1.82, 2.24) is 19.7 Å². The summed E-state index contributed by atoms with van der Waals surface area (Å²) in [6.45, 7) is 7.17. The predicted molar refractivity (Wildman–Crippen MR) is 130 cm³/mol. The SMILES string of the molecule is CCCn1c(SCC(=O)Nc2nc(-c3ccccc3)cs2)nnc1-c1csc(C)c1C. The minimum atomic E-state index is -0.103. The maximum absolute atomic E-state index is 12.5. The molecule has 0 unspecified atom stereocenters. The van der Waals surface area contributed by atoms with E-state index >= 15 is 0 Å². The number of hydrogen-bond donors (Lipinski definition) is 1. The van der Waals surface area contributed by atoms with Gasteiger partial charge in [0.05, 0.1) is 11.4 Å². The number of thiazole rings is 1. The van der Waals surface area contributed by atoms with Gasteiger partial charge in [-0.25, -0.2) is 4.98 Å². The molecule has 0 aliphatic heterocycles. The molecule has 0 fully saturated rings. The van der Waals surface area contributed by atoms with Crippen molar-refractivity contribution in [3.63, 3.8) is 0 Å². The summed E-state index contributed by atoms with van der Waals surface area (Å²) in [6, 6.07) is 9.93. The van der Waals surface area contributed by atoms with E-state index < -0.39 is 0 Å². The van der Waals surface area contributed by atoms with Gasteiger partial charge in [-0.3, -0.25) is 4.79 Å². The predicted octanol–water partition coefficient (Wildman–Crippen LogP) is 5.89. The molecular formula is C22H23N5OS3. The standard InChI is InChI=1S/C22H23N5OS3/c1-4-10-27-20(17-11-29-15(3)14(17)2)25-26-22(27)31-13-19(28)24-21-23-18(12-30-21)16-8-6-5-7-9-16/h5-9,11-12H,4,10,13H2,1-3H3,(H,23,24,28). The number of benzene rings is 1. The molecule has 0 radical (unpaired) electrons. The molecule has 31 heavy (non-hydrogen) atoms. The van der Waals surface area contributed by atoms with E-state index in [4.69, 9.17) is 0 Å². The lowest BCUT2D eigenvalue weighted by atomic mass is 10.1. The van der Waals surface area contributed by atoms with Crippen molar-refractivity contribution in [2.24, 2.45) is 0 Å². The van der Waals surface area contributed by atoms with Gasteiger partial charge in [0.25, 0.3) is 0 Å². The summed E-state index contributed by atoms with van der Waals surface area (Å²) in [5.41, 5.74) is 4.26. The molecular weight excluding hydrogens is 446 g/mol. The number of aromatic nitrogens is 4. The van der Waals surface area contributed by atoms with Gasteiger partial charge in [0, 0.05) is 33.3 Å². The van der Waals surface area contributed by atoms with Gasteiger partial charge in [0.1, 0.15) is 0 Å². The number of nitrogens with zero attached hydrogens (tertiary/aromatic N) is 4. The van der Waals surface area contributed by atoms with Crippen LogP contribution >= 0.6 is 34.4 Å². The molecule has 3 heterocycles. The first-order valence-electron chi connectivity index (χ1n) is 9.98. The Hall–Kier alpha value is -2.49. The van der Waals surface area contributed by atoms with E-state index in [9.17, 15) is 4.79 Å². The van der Waals surface area contributed by atoms with Gasteiger partial charge in [-0.15, -0.1) is 32.9 Å². The maximum atomic E-state index is 12.5. The first-order chi connectivity index (χ1) is 15.1. The summed E-state index contributed by atoms with van der Waals surface area (Å²) in [5, 5.41) is 17.2. The summed E-state index contributed by atoms with van der Waals surface area (Å²) >= 11 is 4.55. The van der Waals surface area contributed by atoms with Gasteiger partial charge in [0.2, 0.25) is 5.91 Å². The van der Waals surface area contributed by atoms with E-state index in [2.05, 4.69) is 51.2 Å². The highest BCUT2D eigenvalue weighted by molar-refractivity contribution is 7.99. The number of hydrogen-bond acceptors (Lipinski definition) is 7. The first kappa shape index (κ1) is 21.7. The van der Waals surface area contributed by atoms with Gasteiger partial charge in [0.15, 0.2) is 16.1 Å². The molecule has 4 rings (SSSR count).